The lowest BCUT2D eigenvalue weighted by Gasteiger charge is -2.08. The summed E-state index contributed by atoms with van der Waals surface area (Å²) in [6.07, 6.45) is 1.29. The van der Waals surface area contributed by atoms with Gasteiger partial charge in [-0.25, -0.2) is 14.2 Å². The quantitative estimate of drug-likeness (QED) is 0.901. The van der Waals surface area contributed by atoms with E-state index in [0.717, 1.165) is 6.07 Å². The SMILES string of the molecule is O=C(Nc1cccnc1C(=O)O)c1ccc(Br)cc1F. The molecule has 1 heterocycles. The summed E-state index contributed by atoms with van der Waals surface area (Å²) in [5.41, 5.74) is -0.487. The number of rotatable bonds is 3. The number of nitrogens with one attached hydrogen (secondary N) is 1. The van der Waals surface area contributed by atoms with Gasteiger partial charge in [-0.2, -0.15) is 0 Å². The van der Waals surface area contributed by atoms with Crippen LogP contribution in [0.4, 0.5) is 10.1 Å². The van der Waals surface area contributed by atoms with E-state index in [0.29, 0.717) is 4.47 Å². The van der Waals surface area contributed by atoms with Crippen molar-refractivity contribution in [3.05, 3.63) is 58.1 Å². The number of halogens is 2. The first-order chi connectivity index (χ1) is 9.49. The lowest BCUT2D eigenvalue weighted by atomic mass is 10.2. The number of hydrogen-bond acceptors (Lipinski definition) is 3. The summed E-state index contributed by atoms with van der Waals surface area (Å²) in [6.45, 7) is 0. The highest BCUT2D eigenvalue weighted by atomic mass is 79.9. The Labute approximate surface area is 121 Å². The molecule has 7 heteroatoms. The van der Waals surface area contributed by atoms with Crippen LogP contribution >= 0.6 is 15.9 Å². The maximum Gasteiger partial charge on any atom is 0.356 e. The Morgan fingerprint density at radius 2 is 2.05 bits per heavy atom. The summed E-state index contributed by atoms with van der Waals surface area (Å²) in [5, 5.41) is 11.3. The van der Waals surface area contributed by atoms with Crippen LogP contribution in [0, 0.1) is 5.82 Å². The van der Waals surface area contributed by atoms with Crippen LogP contribution < -0.4 is 5.32 Å². The number of carbonyl (C=O) groups is 2. The molecule has 0 saturated heterocycles. The molecule has 102 valence electrons. The molecule has 0 saturated carbocycles. The van der Waals surface area contributed by atoms with Gasteiger partial charge < -0.3 is 10.4 Å². The molecule has 1 amide bonds. The number of pyridine rings is 1. The number of anilines is 1. The highest BCUT2D eigenvalue weighted by Crippen LogP contribution is 2.18. The molecule has 5 nitrogen and oxygen atoms in total. The van der Waals surface area contributed by atoms with Crippen LogP contribution in [0.3, 0.4) is 0 Å². The van der Waals surface area contributed by atoms with Crippen molar-refractivity contribution in [1.29, 1.82) is 0 Å². The van der Waals surface area contributed by atoms with Gasteiger partial charge in [0.05, 0.1) is 11.3 Å². The van der Waals surface area contributed by atoms with Crippen LogP contribution in [-0.2, 0) is 0 Å². The molecule has 1 aromatic heterocycles. The number of hydrogen-bond donors (Lipinski definition) is 2. The zero-order valence-corrected chi connectivity index (χ0v) is 11.5. The van der Waals surface area contributed by atoms with Gasteiger partial charge in [-0.3, -0.25) is 4.79 Å². The molecular formula is C13H8BrFN2O3. The average molecular weight is 339 g/mol. The number of aromatic carboxylic acids is 1. The van der Waals surface area contributed by atoms with E-state index in [9.17, 15) is 14.0 Å². The molecular weight excluding hydrogens is 331 g/mol. The van der Waals surface area contributed by atoms with Gasteiger partial charge in [0, 0.05) is 10.7 Å². The molecule has 2 rings (SSSR count). The number of carboxylic acid groups (broad SMARTS) is 1. The van der Waals surface area contributed by atoms with Gasteiger partial charge in [-0.15, -0.1) is 0 Å². The lowest BCUT2D eigenvalue weighted by molar-refractivity contribution is 0.0692. The molecule has 1 aromatic carbocycles. The monoisotopic (exact) mass is 338 g/mol. The number of aromatic nitrogens is 1. The number of carbonyl (C=O) groups excluding carboxylic acids is 1. The summed E-state index contributed by atoms with van der Waals surface area (Å²) in [5.74, 6) is -2.74. The Bertz CT molecular complexity index is 691. The van der Waals surface area contributed by atoms with E-state index in [-0.39, 0.29) is 16.9 Å². The van der Waals surface area contributed by atoms with Crippen molar-refractivity contribution in [2.45, 2.75) is 0 Å². The third-order valence-corrected chi connectivity index (χ3v) is 2.93. The first kappa shape index (κ1) is 14.1. The van der Waals surface area contributed by atoms with Gasteiger partial charge in [0.2, 0.25) is 0 Å². The standard InChI is InChI=1S/C13H8BrFN2O3/c14-7-3-4-8(9(15)6-7)12(18)17-10-2-1-5-16-11(10)13(19)20/h1-6H,(H,17,18)(H,19,20). The fourth-order valence-electron chi connectivity index (χ4n) is 1.54. The second-order valence-corrected chi connectivity index (χ2v) is 4.70. The largest absolute Gasteiger partial charge is 0.476 e. The highest BCUT2D eigenvalue weighted by Gasteiger charge is 2.16. The molecule has 0 atom stereocenters. The van der Waals surface area contributed by atoms with E-state index in [4.69, 9.17) is 5.11 Å². The van der Waals surface area contributed by atoms with Crippen molar-refractivity contribution in [3.63, 3.8) is 0 Å². The summed E-state index contributed by atoms with van der Waals surface area (Å²) in [7, 11) is 0. The van der Waals surface area contributed by atoms with E-state index < -0.39 is 17.7 Å². The second kappa shape index (κ2) is 5.79. The Hall–Kier alpha value is -2.28. The number of nitrogens with zero attached hydrogens (tertiary/aromatic N) is 1. The van der Waals surface area contributed by atoms with Crippen LogP contribution in [0.15, 0.2) is 41.0 Å². The number of amides is 1. The first-order valence-electron chi connectivity index (χ1n) is 5.44. The Balaban J connectivity index is 2.30. The highest BCUT2D eigenvalue weighted by molar-refractivity contribution is 9.10. The predicted octanol–water partition coefficient (Wildman–Crippen LogP) is 2.93. The van der Waals surface area contributed by atoms with Crippen molar-refractivity contribution in [2.75, 3.05) is 5.32 Å². The normalized spacial score (nSPS) is 10.1. The first-order valence-corrected chi connectivity index (χ1v) is 6.23. The summed E-state index contributed by atoms with van der Waals surface area (Å²) in [6, 6.07) is 6.81. The van der Waals surface area contributed by atoms with Crippen molar-refractivity contribution in [1.82, 2.24) is 4.98 Å². The van der Waals surface area contributed by atoms with Crippen LogP contribution in [0.2, 0.25) is 0 Å². The molecule has 0 unspecified atom stereocenters. The zero-order valence-electron chi connectivity index (χ0n) is 9.93. The summed E-state index contributed by atoms with van der Waals surface area (Å²) in [4.78, 5) is 26.5. The van der Waals surface area contributed by atoms with Crippen molar-refractivity contribution in [2.24, 2.45) is 0 Å². The predicted molar refractivity (Wildman–Crippen MR) is 73.2 cm³/mol. The van der Waals surface area contributed by atoms with Gasteiger partial charge in [0.15, 0.2) is 5.69 Å². The van der Waals surface area contributed by atoms with E-state index in [1.54, 1.807) is 0 Å². The van der Waals surface area contributed by atoms with Gasteiger partial charge in [-0.1, -0.05) is 15.9 Å². The van der Waals surface area contributed by atoms with Gasteiger partial charge in [0.1, 0.15) is 5.82 Å². The van der Waals surface area contributed by atoms with E-state index in [1.165, 1.54) is 30.5 Å². The Morgan fingerprint density at radius 1 is 1.30 bits per heavy atom. The van der Waals surface area contributed by atoms with E-state index in [2.05, 4.69) is 26.2 Å². The molecule has 2 aromatic rings. The number of benzene rings is 1. The summed E-state index contributed by atoms with van der Waals surface area (Å²) < 4.78 is 14.1. The molecule has 0 aliphatic heterocycles. The van der Waals surface area contributed by atoms with Gasteiger partial charge in [-0.05, 0) is 30.3 Å². The molecule has 0 bridgehead atoms. The fourth-order valence-corrected chi connectivity index (χ4v) is 1.87. The minimum Gasteiger partial charge on any atom is -0.476 e. The van der Waals surface area contributed by atoms with Crippen molar-refractivity contribution in [3.8, 4) is 0 Å². The fraction of sp³-hybridized carbons (Fsp3) is 0. The molecule has 0 fully saturated rings. The lowest BCUT2D eigenvalue weighted by Crippen LogP contribution is -2.16. The average Bonchev–Trinajstić information content (AvgIpc) is 2.38. The third kappa shape index (κ3) is 3.00. The molecule has 0 aliphatic rings. The van der Waals surface area contributed by atoms with Crippen LogP contribution in [0.25, 0.3) is 0 Å². The van der Waals surface area contributed by atoms with E-state index >= 15 is 0 Å². The molecule has 2 N–H and O–H groups in total. The molecule has 0 radical (unpaired) electrons. The van der Waals surface area contributed by atoms with Gasteiger partial charge in [0.25, 0.3) is 5.91 Å². The molecule has 0 aliphatic carbocycles. The minimum absolute atomic E-state index is 0.00678. The topological polar surface area (TPSA) is 79.3 Å². The minimum atomic E-state index is -1.28. The van der Waals surface area contributed by atoms with Gasteiger partial charge >= 0.3 is 5.97 Å². The third-order valence-electron chi connectivity index (χ3n) is 2.43. The maximum absolute atomic E-state index is 13.6. The summed E-state index contributed by atoms with van der Waals surface area (Å²) >= 11 is 3.08. The van der Waals surface area contributed by atoms with Crippen molar-refractivity contribution < 1.29 is 19.1 Å². The molecule has 0 spiro atoms. The Morgan fingerprint density at radius 3 is 2.70 bits per heavy atom. The molecule has 20 heavy (non-hydrogen) atoms. The van der Waals surface area contributed by atoms with Crippen LogP contribution in [0.5, 0.6) is 0 Å². The zero-order chi connectivity index (χ0) is 14.7. The maximum atomic E-state index is 13.6. The second-order valence-electron chi connectivity index (χ2n) is 3.78. The van der Waals surface area contributed by atoms with Crippen molar-refractivity contribution >= 4 is 33.5 Å². The number of carboxylic acids is 1. The van der Waals surface area contributed by atoms with Crippen LogP contribution in [0.1, 0.15) is 20.8 Å². The van der Waals surface area contributed by atoms with Crippen LogP contribution in [-0.4, -0.2) is 22.0 Å². The Kier molecular flexibility index (Phi) is 4.09. The smallest absolute Gasteiger partial charge is 0.356 e. The van der Waals surface area contributed by atoms with E-state index in [1.807, 2.05) is 0 Å².